The summed E-state index contributed by atoms with van der Waals surface area (Å²) in [7, 11) is -4.14. The minimum atomic E-state index is -4.14. The molecule has 0 aliphatic carbocycles. The number of anilines is 1. The van der Waals surface area contributed by atoms with Crippen molar-refractivity contribution in [2.24, 2.45) is 0 Å². The molecule has 1 N–H and O–H groups in total. The summed E-state index contributed by atoms with van der Waals surface area (Å²) in [6, 6.07) is 15.9. The minimum Gasteiger partial charge on any atom is -0.355 e. The van der Waals surface area contributed by atoms with E-state index in [1.165, 1.54) is 17.0 Å². The monoisotopic (exact) mass is 589 g/mol. The fraction of sp³-hybridized carbons (Fsp3) is 0.310. The zero-order valence-electron chi connectivity index (χ0n) is 22.7. The Kier molecular flexibility index (Phi) is 10.0. The Bertz CT molecular complexity index is 1460. The van der Waals surface area contributed by atoms with E-state index >= 15 is 0 Å². The summed E-state index contributed by atoms with van der Waals surface area (Å²) in [6.45, 7) is 8.74. The first kappa shape index (κ1) is 30.5. The second-order valence-electron chi connectivity index (χ2n) is 9.44. The fourth-order valence-corrected chi connectivity index (χ4v) is 6.02. The number of benzene rings is 3. The highest BCUT2D eigenvalue weighted by Crippen LogP contribution is 2.29. The molecule has 0 heterocycles. The first-order valence-corrected chi connectivity index (χ1v) is 14.7. The van der Waals surface area contributed by atoms with Crippen molar-refractivity contribution in [3.8, 4) is 0 Å². The summed E-state index contributed by atoms with van der Waals surface area (Å²) in [5.74, 6) is -0.924. The van der Waals surface area contributed by atoms with Crippen LogP contribution in [0.1, 0.15) is 36.1 Å². The van der Waals surface area contributed by atoms with Crippen LogP contribution >= 0.6 is 23.2 Å². The lowest BCUT2D eigenvalue weighted by Gasteiger charge is -2.32. The topological polar surface area (TPSA) is 86.8 Å². The molecule has 0 spiro atoms. The Morgan fingerprint density at radius 3 is 2.18 bits per heavy atom. The SMILES string of the molecule is CCNC(=O)C(C)N(Cc1ccc(Cl)cc1Cl)C(=O)CN(c1cc(C)ccc1C)S(=O)(=O)c1ccc(C)cc1. The molecule has 3 aromatic carbocycles. The van der Waals surface area contributed by atoms with Gasteiger partial charge < -0.3 is 10.2 Å². The van der Waals surface area contributed by atoms with Crippen LogP contribution in [0.3, 0.4) is 0 Å². The van der Waals surface area contributed by atoms with E-state index in [2.05, 4.69) is 5.32 Å². The van der Waals surface area contributed by atoms with E-state index in [1.54, 1.807) is 57.2 Å². The molecule has 0 aromatic heterocycles. The van der Waals surface area contributed by atoms with Crippen molar-refractivity contribution in [2.75, 3.05) is 17.4 Å². The minimum absolute atomic E-state index is 0.0155. The van der Waals surface area contributed by atoms with E-state index in [0.29, 0.717) is 33.4 Å². The number of carbonyl (C=O) groups excluding carboxylic acids is 2. The first-order valence-electron chi connectivity index (χ1n) is 12.5. The summed E-state index contributed by atoms with van der Waals surface area (Å²) in [6.07, 6.45) is 0. The van der Waals surface area contributed by atoms with Gasteiger partial charge >= 0.3 is 0 Å². The third-order valence-electron chi connectivity index (χ3n) is 6.40. The molecule has 0 bridgehead atoms. The molecule has 0 radical (unpaired) electrons. The van der Waals surface area contributed by atoms with Gasteiger partial charge in [0.05, 0.1) is 10.6 Å². The second-order valence-corrected chi connectivity index (χ2v) is 12.1. The number of likely N-dealkylation sites (N-methyl/N-ethyl adjacent to an activating group) is 1. The Balaban J connectivity index is 2.09. The van der Waals surface area contributed by atoms with Crippen LogP contribution in [0.2, 0.25) is 10.0 Å². The number of hydrogen-bond donors (Lipinski definition) is 1. The number of hydrogen-bond acceptors (Lipinski definition) is 4. The lowest BCUT2D eigenvalue weighted by molar-refractivity contribution is -0.139. The van der Waals surface area contributed by atoms with Gasteiger partial charge in [-0.2, -0.15) is 0 Å². The maximum Gasteiger partial charge on any atom is 0.264 e. The lowest BCUT2D eigenvalue weighted by atomic mass is 10.1. The molecule has 1 atom stereocenters. The highest BCUT2D eigenvalue weighted by Gasteiger charge is 2.33. The van der Waals surface area contributed by atoms with Crippen LogP contribution in [-0.2, 0) is 26.2 Å². The van der Waals surface area contributed by atoms with E-state index in [0.717, 1.165) is 15.4 Å². The molecule has 0 fully saturated rings. The standard InChI is InChI=1S/C29H33Cl2N3O4S/c1-6-32-29(36)22(5)33(17-23-11-12-24(30)16-26(23)31)28(35)18-34(27-15-20(3)7-10-21(27)4)39(37,38)25-13-8-19(2)9-14-25/h7-16,22H,6,17-18H2,1-5H3,(H,32,36). The fourth-order valence-electron chi connectivity index (χ4n) is 4.08. The zero-order chi connectivity index (χ0) is 28.9. The molecular weight excluding hydrogens is 557 g/mol. The molecule has 3 rings (SSSR count). The van der Waals surface area contributed by atoms with Gasteiger partial charge in [0.2, 0.25) is 11.8 Å². The van der Waals surface area contributed by atoms with Crippen LogP contribution in [0, 0.1) is 20.8 Å². The van der Waals surface area contributed by atoms with Crippen LogP contribution in [0.5, 0.6) is 0 Å². The van der Waals surface area contributed by atoms with Crippen molar-refractivity contribution in [3.63, 3.8) is 0 Å². The van der Waals surface area contributed by atoms with Crippen molar-refractivity contribution in [3.05, 3.63) is 93.0 Å². The van der Waals surface area contributed by atoms with Crippen molar-refractivity contribution < 1.29 is 18.0 Å². The van der Waals surface area contributed by atoms with E-state index in [4.69, 9.17) is 23.2 Å². The van der Waals surface area contributed by atoms with E-state index in [-0.39, 0.29) is 17.3 Å². The molecule has 208 valence electrons. The number of carbonyl (C=O) groups is 2. The van der Waals surface area contributed by atoms with Gasteiger partial charge in [-0.05, 0) is 81.6 Å². The van der Waals surface area contributed by atoms with Gasteiger partial charge in [-0.1, -0.05) is 59.1 Å². The van der Waals surface area contributed by atoms with Crippen LogP contribution in [0.25, 0.3) is 0 Å². The van der Waals surface area contributed by atoms with Gasteiger partial charge in [-0.15, -0.1) is 0 Å². The molecule has 3 aromatic rings. The Labute approximate surface area is 240 Å². The molecule has 0 aliphatic rings. The van der Waals surface area contributed by atoms with Gasteiger partial charge in [0.15, 0.2) is 0 Å². The third-order valence-corrected chi connectivity index (χ3v) is 8.76. The van der Waals surface area contributed by atoms with Crippen molar-refractivity contribution in [2.45, 2.75) is 52.1 Å². The molecule has 39 heavy (non-hydrogen) atoms. The quantitative estimate of drug-likeness (QED) is 0.330. The third kappa shape index (κ3) is 7.32. The largest absolute Gasteiger partial charge is 0.355 e. The number of rotatable bonds is 10. The van der Waals surface area contributed by atoms with E-state index in [1.807, 2.05) is 26.0 Å². The van der Waals surface area contributed by atoms with Gasteiger partial charge in [0, 0.05) is 23.1 Å². The maximum atomic E-state index is 14.0. The Hall–Kier alpha value is -3.07. The van der Waals surface area contributed by atoms with Crippen LogP contribution in [0.15, 0.2) is 65.6 Å². The highest BCUT2D eigenvalue weighted by atomic mass is 35.5. The molecule has 10 heteroatoms. The number of amides is 2. The molecule has 1 unspecified atom stereocenters. The molecule has 0 saturated heterocycles. The average molecular weight is 591 g/mol. The smallest absolute Gasteiger partial charge is 0.264 e. The van der Waals surface area contributed by atoms with E-state index in [9.17, 15) is 18.0 Å². The molecule has 0 saturated carbocycles. The number of nitrogens with one attached hydrogen (secondary N) is 1. The summed E-state index contributed by atoms with van der Waals surface area (Å²) in [4.78, 5) is 28.2. The van der Waals surface area contributed by atoms with Gasteiger partial charge in [-0.25, -0.2) is 8.42 Å². The number of aryl methyl sites for hydroxylation is 3. The van der Waals surface area contributed by atoms with Crippen molar-refractivity contribution >= 4 is 50.7 Å². The first-order chi connectivity index (χ1) is 18.3. The summed E-state index contributed by atoms with van der Waals surface area (Å²) >= 11 is 12.4. The highest BCUT2D eigenvalue weighted by molar-refractivity contribution is 7.92. The molecular formula is C29H33Cl2N3O4S. The maximum absolute atomic E-state index is 14.0. The Morgan fingerprint density at radius 1 is 0.923 bits per heavy atom. The zero-order valence-corrected chi connectivity index (χ0v) is 25.0. The molecule has 7 nitrogen and oxygen atoms in total. The average Bonchev–Trinajstić information content (AvgIpc) is 2.88. The van der Waals surface area contributed by atoms with Crippen molar-refractivity contribution in [1.82, 2.24) is 10.2 Å². The number of nitrogens with zero attached hydrogens (tertiary/aromatic N) is 2. The lowest BCUT2D eigenvalue weighted by Crippen LogP contribution is -2.51. The summed E-state index contributed by atoms with van der Waals surface area (Å²) < 4.78 is 29.0. The Morgan fingerprint density at radius 2 is 1.56 bits per heavy atom. The van der Waals surface area contributed by atoms with Crippen LogP contribution < -0.4 is 9.62 Å². The van der Waals surface area contributed by atoms with E-state index < -0.39 is 28.5 Å². The normalized spacial score (nSPS) is 12.1. The van der Waals surface area contributed by atoms with Crippen molar-refractivity contribution in [1.29, 1.82) is 0 Å². The molecule has 2 amide bonds. The van der Waals surface area contributed by atoms with Crippen LogP contribution in [-0.4, -0.2) is 44.3 Å². The van der Waals surface area contributed by atoms with Crippen LogP contribution in [0.4, 0.5) is 5.69 Å². The van der Waals surface area contributed by atoms with Gasteiger partial charge in [-0.3, -0.25) is 13.9 Å². The second kappa shape index (κ2) is 12.9. The summed E-state index contributed by atoms with van der Waals surface area (Å²) in [5, 5.41) is 3.50. The predicted octanol–water partition coefficient (Wildman–Crippen LogP) is 5.67. The van der Waals surface area contributed by atoms with Gasteiger partial charge in [0.1, 0.15) is 12.6 Å². The predicted molar refractivity (Wildman–Crippen MR) is 157 cm³/mol. The number of halogens is 2. The summed E-state index contributed by atoms with van der Waals surface area (Å²) in [5.41, 5.74) is 3.40. The van der Waals surface area contributed by atoms with Gasteiger partial charge in [0.25, 0.3) is 10.0 Å². The number of sulfonamides is 1. The molecule has 0 aliphatic heterocycles.